The Balaban J connectivity index is 1.43. The molecule has 2 aromatic rings. The topological polar surface area (TPSA) is 49.9 Å². The van der Waals surface area contributed by atoms with Crippen LogP contribution in [-0.4, -0.2) is 44.5 Å². The monoisotopic (exact) mass is 376 g/mol. The van der Waals surface area contributed by atoms with Crippen molar-refractivity contribution < 1.29 is 14.3 Å². The minimum atomic E-state index is -0.0641. The van der Waals surface area contributed by atoms with Crippen LogP contribution in [0.1, 0.15) is 28.8 Å². The van der Waals surface area contributed by atoms with E-state index in [-0.39, 0.29) is 11.7 Å². The van der Waals surface area contributed by atoms with Gasteiger partial charge in [0.05, 0.1) is 13.2 Å². The molecule has 1 amide bonds. The van der Waals surface area contributed by atoms with Crippen molar-refractivity contribution in [3.63, 3.8) is 0 Å². The smallest absolute Gasteiger partial charge is 0.227 e. The summed E-state index contributed by atoms with van der Waals surface area (Å²) in [4.78, 5) is 28.5. The number of anilines is 2. The van der Waals surface area contributed by atoms with Gasteiger partial charge in [-0.05, 0) is 42.3 Å². The maximum absolute atomic E-state index is 12.6. The van der Waals surface area contributed by atoms with Crippen LogP contribution in [0.2, 0.25) is 0 Å². The molecule has 144 valence electrons. The highest BCUT2D eigenvalue weighted by molar-refractivity contribution is 6.08. The number of hydrogen-bond acceptors (Lipinski definition) is 4. The lowest BCUT2D eigenvalue weighted by atomic mass is 10.1. The van der Waals surface area contributed by atoms with Crippen LogP contribution in [0.5, 0.6) is 0 Å². The molecule has 0 bridgehead atoms. The maximum atomic E-state index is 12.6. The number of carbonyl (C=O) groups excluding carboxylic acids is 2. The van der Waals surface area contributed by atoms with Crippen LogP contribution in [0, 0.1) is 0 Å². The van der Waals surface area contributed by atoms with Gasteiger partial charge in [0, 0.05) is 43.0 Å². The Morgan fingerprint density at radius 3 is 2.46 bits per heavy atom. The lowest BCUT2D eigenvalue weighted by molar-refractivity contribution is -0.117. The molecular formula is C23H24N2O3. The molecule has 0 atom stereocenters. The lowest BCUT2D eigenvalue weighted by Gasteiger charge is -2.28. The summed E-state index contributed by atoms with van der Waals surface area (Å²) in [5.41, 5.74) is 3.56. The first-order chi connectivity index (χ1) is 13.7. The van der Waals surface area contributed by atoms with E-state index < -0.39 is 0 Å². The highest BCUT2D eigenvalue weighted by Gasteiger charge is 2.22. The fraction of sp³-hybridized carbons (Fsp3) is 0.304. The van der Waals surface area contributed by atoms with Gasteiger partial charge in [0.2, 0.25) is 5.91 Å². The first kappa shape index (κ1) is 18.4. The summed E-state index contributed by atoms with van der Waals surface area (Å²) < 4.78 is 5.39. The van der Waals surface area contributed by atoms with Crippen molar-refractivity contribution >= 4 is 29.1 Å². The van der Waals surface area contributed by atoms with Crippen molar-refractivity contribution in [2.24, 2.45) is 0 Å². The number of hydrogen-bond donors (Lipinski definition) is 0. The van der Waals surface area contributed by atoms with Gasteiger partial charge in [-0.25, -0.2) is 0 Å². The molecule has 5 heteroatoms. The van der Waals surface area contributed by atoms with E-state index in [1.54, 1.807) is 23.1 Å². The average Bonchev–Trinajstić information content (AvgIpc) is 3.19. The number of amides is 1. The number of morpholine rings is 1. The third-order valence-corrected chi connectivity index (χ3v) is 5.21. The Hall–Kier alpha value is -2.92. The zero-order valence-corrected chi connectivity index (χ0v) is 15.8. The summed E-state index contributed by atoms with van der Waals surface area (Å²) in [6.07, 6.45) is 4.88. The third kappa shape index (κ3) is 4.15. The van der Waals surface area contributed by atoms with Gasteiger partial charge in [-0.1, -0.05) is 30.3 Å². The van der Waals surface area contributed by atoms with Crippen molar-refractivity contribution in [2.75, 3.05) is 42.6 Å². The van der Waals surface area contributed by atoms with E-state index in [9.17, 15) is 9.59 Å². The molecular weight excluding hydrogens is 352 g/mol. The number of ketones is 1. The molecule has 4 rings (SSSR count). The molecule has 0 saturated carbocycles. The van der Waals surface area contributed by atoms with Crippen molar-refractivity contribution in [3.8, 4) is 0 Å². The van der Waals surface area contributed by atoms with Gasteiger partial charge in [-0.2, -0.15) is 0 Å². The van der Waals surface area contributed by atoms with Gasteiger partial charge < -0.3 is 14.5 Å². The summed E-state index contributed by atoms with van der Waals surface area (Å²) >= 11 is 0. The molecule has 2 fully saturated rings. The zero-order valence-electron chi connectivity index (χ0n) is 15.8. The molecule has 2 aliphatic heterocycles. The van der Waals surface area contributed by atoms with Crippen LogP contribution < -0.4 is 9.80 Å². The van der Waals surface area contributed by atoms with Gasteiger partial charge in [0.1, 0.15) is 0 Å². The number of carbonyl (C=O) groups is 2. The molecule has 2 aromatic carbocycles. The quantitative estimate of drug-likeness (QED) is 0.592. The van der Waals surface area contributed by atoms with E-state index in [4.69, 9.17) is 4.74 Å². The normalized spacial score (nSPS) is 17.5. The number of ether oxygens (including phenoxy) is 1. The highest BCUT2D eigenvalue weighted by atomic mass is 16.5. The maximum Gasteiger partial charge on any atom is 0.227 e. The van der Waals surface area contributed by atoms with Crippen molar-refractivity contribution in [2.45, 2.75) is 12.8 Å². The van der Waals surface area contributed by atoms with E-state index in [1.165, 1.54) is 5.69 Å². The van der Waals surface area contributed by atoms with E-state index in [1.807, 2.05) is 30.3 Å². The fourth-order valence-corrected chi connectivity index (χ4v) is 3.63. The standard InChI is InChI=1S/C23H24N2O3/c26-22(19-3-1-4-21(17-19)25-12-2-5-23(25)27)11-8-18-6-9-20(10-7-18)24-13-15-28-16-14-24/h1,3-4,6-11,17H,2,5,12-16H2/b11-8+. The summed E-state index contributed by atoms with van der Waals surface area (Å²) in [5.74, 6) is 0.0613. The molecule has 0 N–H and O–H groups in total. The van der Waals surface area contributed by atoms with Crippen LogP contribution in [0.4, 0.5) is 11.4 Å². The minimum Gasteiger partial charge on any atom is -0.378 e. The van der Waals surface area contributed by atoms with Crippen molar-refractivity contribution in [1.82, 2.24) is 0 Å². The van der Waals surface area contributed by atoms with Crippen LogP contribution in [0.25, 0.3) is 6.08 Å². The molecule has 2 aliphatic rings. The lowest BCUT2D eigenvalue weighted by Crippen LogP contribution is -2.36. The molecule has 0 aliphatic carbocycles. The summed E-state index contributed by atoms with van der Waals surface area (Å²) in [6, 6.07) is 15.5. The molecule has 28 heavy (non-hydrogen) atoms. The average molecular weight is 376 g/mol. The Morgan fingerprint density at radius 1 is 0.964 bits per heavy atom. The van der Waals surface area contributed by atoms with Gasteiger partial charge in [-0.3, -0.25) is 9.59 Å². The first-order valence-corrected chi connectivity index (χ1v) is 9.76. The predicted molar refractivity (Wildman–Crippen MR) is 111 cm³/mol. The van der Waals surface area contributed by atoms with Crippen molar-refractivity contribution in [3.05, 3.63) is 65.7 Å². The van der Waals surface area contributed by atoms with Crippen LogP contribution in [0.15, 0.2) is 54.6 Å². The minimum absolute atomic E-state index is 0.0641. The second kappa shape index (κ2) is 8.40. The van der Waals surface area contributed by atoms with Gasteiger partial charge in [0.25, 0.3) is 0 Å². The second-order valence-electron chi connectivity index (χ2n) is 7.09. The Labute approximate surface area is 165 Å². The summed E-state index contributed by atoms with van der Waals surface area (Å²) in [5, 5.41) is 0. The van der Waals surface area contributed by atoms with E-state index >= 15 is 0 Å². The van der Waals surface area contributed by atoms with Gasteiger partial charge >= 0.3 is 0 Å². The number of allylic oxidation sites excluding steroid dienone is 1. The molecule has 0 spiro atoms. The van der Waals surface area contributed by atoms with Gasteiger partial charge in [0.15, 0.2) is 5.78 Å². The largest absolute Gasteiger partial charge is 0.378 e. The van der Waals surface area contributed by atoms with Crippen molar-refractivity contribution in [1.29, 1.82) is 0 Å². The second-order valence-corrected chi connectivity index (χ2v) is 7.09. The molecule has 0 radical (unpaired) electrons. The van der Waals surface area contributed by atoms with E-state index in [0.29, 0.717) is 12.0 Å². The number of benzene rings is 2. The summed E-state index contributed by atoms with van der Waals surface area (Å²) in [7, 11) is 0. The molecule has 2 heterocycles. The number of rotatable bonds is 5. The third-order valence-electron chi connectivity index (χ3n) is 5.21. The molecule has 5 nitrogen and oxygen atoms in total. The number of nitrogens with zero attached hydrogens (tertiary/aromatic N) is 2. The highest BCUT2D eigenvalue weighted by Crippen LogP contribution is 2.23. The molecule has 0 unspecified atom stereocenters. The predicted octanol–water partition coefficient (Wildman–Crippen LogP) is 3.55. The summed E-state index contributed by atoms with van der Waals surface area (Å²) in [6.45, 7) is 4.06. The van der Waals surface area contributed by atoms with Crippen LogP contribution >= 0.6 is 0 Å². The van der Waals surface area contributed by atoms with E-state index in [2.05, 4.69) is 17.0 Å². The Bertz CT molecular complexity index is 883. The molecule has 0 aromatic heterocycles. The van der Waals surface area contributed by atoms with Crippen LogP contribution in [-0.2, 0) is 9.53 Å². The Morgan fingerprint density at radius 2 is 1.75 bits per heavy atom. The first-order valence-electron chi connectivity index (χ1n) is 9.76. The SMILES string of the molecule is O=C(/C=C/c1ccc(N2CCOCC2)cc1)c1cccc(N2CCCC2=O)c1. The fourth-order valence-electron chi connectivity index (χ4n) is 3.63. The molecule has 2 saturated heterocycles. The van der Waals surface area contributed by atoms with Gasteiger partial charge in [-0.15, -0.1) is 0 Å². The van der Waals surface area contributed by atoms with Crippen LogP contribution in [0.3, 0.4) is 0 Å². The van der Waals surface area contributed by atoms with E-state index in [0.717, 1.165) is 50.5 Å². The Kier molecular flexibility index (Phi) is 5.53. The zero-order chi connectivity index (χ0) is 19.3.